The van der Waals surface area contributed by atoms with Crippen LogP contribution < -0.4 is 10.1 Å². The molecule has 1 heterocycles. The number of nitrogens with one attached hydrogen (secondary N) is 1. The van der Waals surface area contributed by atoms with Crippen molar-refractivity contribution in [2.75, 3.05) is 11.9 Å². The van der Waals surface area contributed by atoms with Gasteiger partial charge in [0.15, 0.2) is 0 Å². The molecule has 144 valence electrons. The van der Waals surface area contributed by atoms with Crippen molar-refractivity contribution in [2.24, 2.45) is 0 Å². The molecule has 0 saturated carbocycles. The number of ether oxygens (including phenoxy) is 1. The summed E-state index contributed by atoms with van der Waals surface area (Å²) in [6.07, 6.45) is 3.28. The molecule has 6 heteroatoms. The zero-order valence-electron chi connectivity index (χ0n) is 15.9. The van der Waals surface area contributed by atoms with Crippen LogP contribution in [0.5, 0.6) is 5.75 Å². The molecule has 0 aliphatic rings. The summed E-state index contributed by atoms with van der Waals surface area (Å²) in [6.45, 7) is 2.57. The van der Waals surface area contributed by atoms with Crippen LogP contribution in [0.15, 0.2) is 78.9 Å². The smallest absolute Gasteiger partial charge is 0.248 e. The van der Waals surface area contributed by atoms with E-state index < -0.39 is 0 Å². The minimum absolute atomic E-state index is 0.202. The van der Waals surface area contributed by atoms with Crippen molar-refractivity contribution in [3.63, 3.8) is 0 Å². The first-order valence-electron chi connectivity index (χ1n) is 9.36. The van der Waals surface area contributed by atoms with Crippen LogP contribution in [0.4, 0.5) is 5.69 Å². The molecule has 0 unspecified atom stereocenters. The van der Waals surface area contributed by atoms with E-state index >= 15 is 0 Å². The van der Waals surface area contributed by atoms with Gasteiger partial charge >= 0.3 is 0 Å². The molecule has 0 radical (unpaired) electrons. The van der Waals surface area contributed by atoms with Gasteiger partial charge in [-0.3, -0.25) is 4.79 Å². The van der Waals surface area contributed by atoms with E-state index in [0.717, 1.165) is 22.5 Å². The normalized spacial score (nSPS) is 11.1. The highest BCUT2D eigenvalue weighted by molar-refractivity contribution is 6.02. The number of amides is 1. The van der Waals surface area contributed by atoms with Gasteiger partial charge in [-0.15, -0.1) is 10.2 Å². The molecule has 3 aromatic carbocycles. The summed E-state index contributed by atoms with van der Waals surface area (Å²) in [5.74, 6) is 0.605. The van der Waals surface area contributed by atoms with E-state index in [-0.39, 0.29) is 5.91 Å². The molecule has 0 atom stereocenters. The molecule has 6 nitrogen and oxygen atoms in total. The average molecular weight is 384 g/mol. The Hall–Kier alpha value is -3.93. The van der Waals surface area contributed by atoms with Gasteiger partial charge in [0, 0.05) is 11.8 Å². The number of hydrogen-bond donors (Lipinski definition) is 1. The third-order valence-corrected chi connectivity index (χ3v) is 4.25. The van der Waals surface area contributed by atoms with Crippen LogP contribution in [-0.4, -0.2) is 27.5 Å². The second-order valence-electron chi connectivity index (χ2n) is 6.35. The van der Waals surface area contributed by atoms with Gasteiger partial charge in [-0.1, -0.05) is 30.3 Å². The Kier molecular flexibility index (Phi) is 5.33. The minimum atomic E-state index is -0.202. The summed E-state index contributed by atoms with van der Waals surface area (Å²) < 4.78 is 5.46. The van der Waals surface area contributed by atoms with Crippen LogP contribution in [0.2, 0.25) is 0 Å². The third-order valence-electron chi connectivity index (χ3n) is 4.25. The third kappa shape index (κ3) is 4.50. The van der Waals surface area contributed by atoms with Crippen LogP contribution in [0.3, 0.4) is 0 Å². The quantitative estimate of drug-likeness (QED) is 0.498. The topological polar surface area (TPSA) is 69.0 Å². The van der Waals surface area contributed by atoms with E-state index in [9.17, 15) is 4.79 Å². The van der Waals surface area contributed by atoms with Crippen molar-refractivity contribution in [3.8, 4) is 11.4 Å². The second kappa shape index (κ2) is 8.39. The fourth-order valence-corrected chi connectivity index (χ4v) is 2.87. The molecule has 0 aliphatic carbocycles. The molecule has 1 N–H and O–H groups in total. The Bertz CT molecular complexity index is 1150. The molecule has 0 fully saturated rings. The van der Waals surface area contributed by atoms with E-state index in [4.69, 9.17) is 4.74 Å². The molecule has 4 rings (SSSR count). The summed E-state index contributed by atoms with van der Waals surface area (Å²) in [6, 6.07) is 22.7. The Morgan fingerprint density at radius 1 is 1.00 bits per heavy atom. The maximum atomic E-state index is 12.2. The Morgan fingerprint density at radius 3 is 2.52 bits per heavy atom. The number of fused-ring (bicyclic) bond motifs is 1. The molecule has 4 aromatic rings. The number of hydrogen-bond acceptors (Lipinski definition) is 4. The van der Waals surface area contributed by atoms with E-state index in [2.05, 4.69) is 15.5 Å². The fraction of sp³-hybridized carbons (Fsp3) is 0.0870. The van der Waals surface area contributed by atoms with Crippen LogP contribution in [0.1, 0.15) is 12.5 Å². The van der Waals surface area contributed by atoms with Crippen LogP contribution >= 0.6 is 0 Å². The molecule has 1 amide bonds. The molecule has 0 spiro atoms. The van der Waals surface area contributed by atoms with Crippen molar-refractivity contribution in [1.29, 1.82) is 0 Å². The number of nitrogens with zero attached hydrogens (tertiary/aromatic N) is 3. The molecule has 0 saturated heterocycles. The van der Waals surface area contributed by atoms with Gasteiger partial charge in [0.1, 0.15) is 16.8 Å². The van der Waals surface area contributed by atoms with Gasteiger partial charge in [-0.2, -0.15) is 4.80 Å². The number of carbonyl (C=O) groups is 1. The molecular formula is C23H20N4O2. The summed E-state index contributed by atoms with van der Waals surface area (Å²) in [5.41, 5.74) is 3.91. The van der Waals surface area contributed by atoms with Crippen LogP contribution in [-0.2, 0) is 4.79 Å². The monoisotopic (exact) mass is 384 g/mol. The first-order valence-corrected chi connectivity index (χ1v) is 9.36. The minimum Gasteiger partial charge on any atom is -0.494 e. The first kappa shape index (κ1) is 18.4. The summed E-state index contributed by atoms with van der Waals surface area (Å²) in [7, 11) is 0. The van der Waals surface area contributed by atoms with Gasteiger partial charge in [0.2, 0.25) is 5.91 Å². The lowest BCUT2D eigenvalue weighted by molar-refractivity contribution is -0.111. The molecule has 0 bridgehead atoms. The Balaban J connectivity index is 1.49. The lowest BCUT2D eigenvalue weighted by Crippen LogP contribution is -2.07. The SMILES string of the molecule is CCOc1ccc(-n2nc3ccc(NC(=O)/C=C/c4ccccc4)cc3n2)cc1. The fourth-order valence-electron chi connectivity index (χ4n) is 2.87. The first-order chi connectivity index (χ1) is 14.2. The summed E-state index contributed by atoms with van der Waals surface area (Å²) >= 11 is 0. The average Bonchev–Trinajstić information content (AvgIpc) is 3.17. The summed E-state index contributed by atoms with van der Waals surface area (Å²) in [4.78, 5) is 13.8. The van der Waals surface area contributed by atoms with Gasteiger partial charge in [0.25, 0.3) is 0 Å². The van der Waals surface area contributed by atoms with Crippen molar-refractivity contribution >= 4 is 28.7 Å². The van der Waals surface area contributed by atoms with Gasteiger partial charge < -0.3 is 10.1 Å². The van der Waals surface area contributed by atoms with Gasteiger partial charge in [-0.05, 0) is 61.0 Å². The molecule has 0 aliphatic heterocycles. The molecular weight excluding hydrogens is 364 g/mol. The lowest BCUT2D eigenvalue weighted by Gasteiger charge is -2.03. The molecule has 29 heavy (non-hydrogen) atoms. The largest absolute Gasteiger partial charge is 0.494 e. The zero-order valence-corrected chi connectivity index (χ0v) is 15.9. The highest BCUT2D eigenvalue weighted by atomic mass is 16.5. The number of benzene rings is 3. The maximum absolute atomic E-state index is 12.2. The lowest BCUT2D eigenvalue weighted by atomic mass is 10.2. The van der Waals surface area contributed by atoms with Crippen molar-refractivity contribution in [3.05, 3.63) is 84.4 Å². The maximum Gasteiger partial charge on any atom is 0.248 e. The van der Waals surface area contributed by atoms with Crippen LogP contribution in [0.25, 0.3) is 22.8 Å². The predicted molar refractivity (Wildman–Crippen MR) is 114 cm³/mol. The zero-order chi connectivity index (χ0) is 20.1. The number of carbonyl (C=O) groups excluding carboxylic acids is 1. The highest BCUT2D eigenvalue weighted by Crippen LogP contribution is 2.19. The van der Waals surface area contributed by atoms with Crippen LogP contribution in [0, 0.1) is 0 Å². The van der Waals surface area contributed by atoms with Gasteiger partial charge in [-0.25, -0.2) is 0 Å². The summed E-state index contributed by atoms with van der Waals surface area (Å²) in [5, 5.41) is 11.9. The van der Waals surface area contributed by atoms with Crippen molar-refractivity contribution in [2.45, 2.75) is 6.92 Å². The van der Waals surface area contributed by atoms with Crippen molar-refractivity contribution in [1.82, 2.24) is 15.0 Å². The Labute approximate surface area is 168 Å². The van der Waals surface area contributed by atoms with E-state index in [1.807, 2.05) is 79.7 Å². The predicted octanol–water partition coefficient (Wildman–Crippen LogP) is 4.47. The standard InChI is InChI=1S/C23H20N4O2/c1-2-29-20-12-10-19(11-13-20)27-25-21-14-9-18(16-22(21)26-27)24-23(28)15-8-17-6-4-3-5-7-17/h3-16H,2H2,1H3,(H,24,28)/b15-8+. The number of rotatable bonds is 6. The van der Waals surface area contributed by atoms with E-state index in [1.165, 1.54) is 6.08 Å². The van der Waals surface area contributed by atoms with Gasteiger partial charge in [0.05, 0.1) is 12.3 Å². The van der Waals surface area contributed by atoms with E-state index in [1.54, 1.807) is 10.9 Å². The molecule has 1 aromatic heterocycles. The van der Waals surface area contributed by atoms with Crippen molar-refractivity contribution < 1.29 is 9.53 Å². The van der Waals surface area contributed by atoms with E-state index in [0.29, 0.717) is 17.8 Å². The number of anilines is 1. The highest BCUT2D eigenvalue weighted by Gasteiger charge is 2.07. The Morgan fingerprint density at radius 2 is 1.76 bits per heavy atom. The second-order valence-corrected chi connectivity index (χ2v) is 6.35. The number of aromatic nitrogens is 3.